The van der Waals surface area contributed by atoms with E-state index in [-0.39, 0.29) is 11.6 Å². The summed E-state index contributed by atoms with van der Waals surface area (Å²) < 4.78 is 2.52. The summed E-state index contributed by atoms with van der Waals surface area (Å²) in [5, 5.41) is 0. The number of hydrogen-bond acceptors (Lipinski definition) is 4. The van der Waals surface area contributed by atoms with Gasteiger partial charge in [0.15, 0.2) is 9.74 Å². The Morgan fingerprint density at radius 3 is 2.40 bits per heavy atom. The highest BCUT2D eigenvalue weighted by atomic mass is 32.1. The number of Topliss-reactive ketones (excluding diaryl/α,β-unsaturated/α-hetero) is 2. The number of nitrogens with zero attached hydrogens (tertiary/aromatic N) is 1. The third-order valence-corrected chi connectivity index (χ3v) is 3.80. The molecule has 0 aliphatic heterocycles. The van der Waals surface area contributed by atoms with E-state index in [4.69, 9.17) is 12.2 Å². The third-order valence-electron chi connectivity index (χ3n) is 2.15. The normalized spacial score (nSPS) is 10.3. The third kappa shape index (κ3) is 2.82. The van der Waals surface area contributed by atoms with Crippen molar-refractivity contribution < 1.29 is 9.59 Å². The lowest BCUT2D eigenvalue weighted by atomic mass is 10.3. The van der Waals surface area contributed by atoms with Gasteiger partial charge in [-0.2, -0.15) is 0 Å². The molecule has 82 valence electrons. The van der Waals surface area contributed by atoms with Crippen molar-refractivity contribution in [3.63, 3.8) is 0 Å². The van der Waals surface area contributed by atoms with E-state index in [0.29, 0.717) is 21.8 Å². The Labute approximate surface area is 97.7 Å². The van der Waals surface area contributed by atoms with Crippen molar-refractivity contribution >= 4 is 35.1 Å². The second-order valence-electron chi connectivity index (χ2n) is 3.44. The summed E-state index contributed by atoms with van der Waals surface area (Å²) in [4.78, 5) is 22.8. The van der Waals surface area contributed by atoms with Gasteiger partial charge in [-0.15, -0.1) is 11.3 Å². The summed E-state index contributed by atoms with van der Waals surface area (Å²) >= 11 is 6.47. The number of aromatic nitrogens is 1. The van der Waals surface area contributed by atoms with Crippen LogP contribution >= 0.6 is 23.6 Å². The Morgan fingerprint density at radius 2 is 2.00 bits per heavy atom. The standard InChI is InChI=1S/C10H13NO2S2/c1-6(12)4-5-11-7(2)9(8(3)13)15-10(11)14/h4-5H2,1-3H3. The summed E-state index contributed by atoms with van der Waals surface area (Å²) in [6.45, 7) is 5.52. The van der Waals surface area contributed by atoms with Gasteiger partial charge in [0.05, 0.1) is 4.88 Å². The molecule has 1 heterocycles. The van der Waals surface area contributed by atoms with E-state index >= 15 is 0 Å². The van der Waals surface area contributed by atoms with Gasteiger partial charge in [0, 0.05) is 25.6 Å². The van der Waals surface area contributed by atoms with Gasteiger partial charge < -0.3 is 4.57 Å². The van der Waals surface area contributed by atoms with Crippen LogP contribution in [0.15, 0.2) is 0 Å². The topological polar surface area (TPSA) is 39.1 Å². The number of hydrogen-bond donors (Lipinski definition) is 0. The van der Waals surface area contributed by atoms with Gasteiger partial charge in [0.25, 0.3) is 0 Å². The minimum atomic E-state index is 0.0326. The molecule has 0 amide bonds. The van der Waals surface area contributed by atoms with Crippen molar-refractivity contribution in [3.05, 3.63) is 14.5 Å². The van der Waals surface area contributed by atoms with Crippen LogP contribution < -0.4 is 0 Å². The van der Waals surface area contributed by atoms with Gasteiger partial charge in [-0.25, -0.2) is 0 Å². The maximum Gasteiger partial charge on any atom is 0.171 e. The fourth-order valence-corrected chi connectivity index (χ4v) is 2.72. The number of carbonyl (C=O) groups excluding carboxylic acids is 2. The lowest BCUT2D eigenvalue weighted by molar-refractivity contribution is -0.117. The van der Waals surface area contributed by atoms with Crippen LogP contribution in [0.5, 0.6) is 0 Å². The van der Waals surface area contributed by atoms with Crippen LogP contribution in [0.25, 0.3) is 0 Å². The van der Waals surface area contributed by atoms with Gasteiger partial charge in [0.2, 0.25) is 0 Å². The highest BCUT2D eigenvalue weighted by Gasteiger charge is 2.12. The van der Waals surface area contributed by atoms with Gasteiger partial charge in [-0.3, -0.25) is 9.59 Å². The summed E-state index contributed by atoms with van der Waals surface area (Å²) in [5.41, 5.74) is 0.874. The molecule has 0 fully saturated rings. The summed E-state index contributed by atoms with van der Waals surface area (Å²) in [6, 6.07) is 0. The van der Waals surface area contributed by atoms with E-state index in [1.807, 2.05) is 11.5 Å². The highest BCUT2D eigenvalue weighted by molar-refractivity contribution is 7.73. The van der Waals surface area contributed by atoms with Crippen molar-refractivity contribution in [1.29, 1.82) is 0 Å². The van der Waals surface area contributed by atoms with Crippen LogP contribution in [0, 0.1) is 10.9 Å². The molecule has 0 aromatic carbocycles. The predicted molar refractivity (Wildman–Crippen MR) is 63.2 cm³/mol. The number of rotatable bonds is 4. The minimum Gasteiger partial charge on any atom is -0.326 e. The zero-order valence-corrected chi connectivity index (χ0v) is 10.6. The molecule has 1 aromatic heterocycles. The summed E-state index contributed by atoms with van der Waals surface area (Å²) in [6.07, 6.45) is 0.462. The molecule has 15 heavy (non-hydrogen) atoms. The average Bonchev–Trinajstić information content (AvgIpc) is 2.39. The smallest absolute Gasteiger partial charge is 0.171 e. The molecule has 0 N–H and O–H groups in total. The molecular formula is C10H13NO2S2. The van der Waals surface area contributed by atoms with Gasteiger partial charge in [0.1, 0.15) is 5.78 Å². The van der Waals surface area contributed by atoms with Crippen molar-refractivity contribution in [1.82, 2.24) is 4.57 Å². The highest BCUT2D eigenvalue weighted by Crippen LogP contribution is 2.19. The molecule has 0 radical (unpaired) electrons. The molecule has 1 rings (SSSR count). The molecule has 0 aliphatic rings. The van der Waals surface area contributed by atoms with Crippen molar-refractivity contribution in [2.24, 2.45) is 0 Å². The molecule has 1 aromatic rings. The van der Waals surface area contributed by atoms with Crippen LogP contribution in [0.1, 0.15) is 35.6 Å². The Morgan fingerprint density at radius 1 is 1.40 bits per heavy atom. The quantitative estimate of drug-likeness (QED) is 0.603. The van der Waals surface area contributed by atoms with Crippen LogP contribution in [0.2, 0.25) is 0 Å². The monoisotopic (exact) mass is 243 g/mol. The molecular weight excluding hydrogens is 230 g/mol. The predicted octanol–water partition coefficient (Wildman–Crippen LogP) is 2.77. The SMILES string of the molecule is CC(=O)CCn1c(C)c(C(C)=O)sc1=S. The Bertz CT molecular complexity index is 456. The van der Waals surface area contributed by atoms with E-state index in [0.717, 1.165) is 5.69 Å². The summed E-state index contributed by atoms with van der Waals surface area (Å²) in [7, 11) is 0. The maximum atomic E-state index is 11.3. The molecule has 3 nitrogen and oxygen atoms in total. The maximum absolute atomic E-state index is 11.3. The molecule has 0 aliphatic carbocycles. The lowest BCUT2D eigenvalue weighted by Gasteiger charge is -2.03. The largest absolute Gasteiger partial charge is 0.326 e. The molecule has 0 bridgehead atoms. The first kappa shape index (κ1) is 12.3. The summed E-state index contributed by atoms with van der Waals surface area (Å²) in [5.74, 6) is 0.164. The number of carbonyl (C=O) groups is 2. The van der Waals surface area contributed by atoms with Gasteiger partial charge in [-0.05, 0) is 26.1 Å². The van der Waals surface area contributed by atoms with E-state index in [1.54, 1.807) is 6.92 Å². The van der Waals surface area contributed by atoms with E-state index in [2.05, 4.69) is 0 Å². The zero-order chi connectivity index (χ0) is 11.6. The molecule has 5 heteroatoms. The first-order valence-electron chi connectivity index (χ1n) is 4.64. The van der Waals surface area contributed by atoms with Crippen molar-refractivity contribution in [3.8, 4) is 0 Å². The second-order valence-corrected chi connectivity index (χ2v) is 5.09. The lowest BCUT2D eigenvalue weighted by Crippen LogP contribution is -2.05. The molecule has 0 saturated carbocycles. The van der Waals surface area contributed by atoms with Crippen LogP contribution in [-0.4, -0.2) is 16.1 Å². The average molecular weight is 243 g/mol. The zero-order valence-electron chi connectivity index (χ0n) is 8.99. The second kappa shape index (κ2) is 4.81. The first-order chi connectivity index (χ1) is 6.93. The van der Waals surface area contributed by atoms with Crippen molar-refractivity contribution in [2.75, 3.05) is 0 Å². The Balaban J connectivity index is 3.03. The molecule has 0 unspecified atom stereocenters. The fraction of sp³-hybridized carbons (Fsp3) is 0.500. The van der Waals surface area contributed by atoms with E-state index < -0.39 is 0 Å². The molecule has 0 atom stereocenters. The van der Waals surface area contributed by atoms with Gasteiger partial charge >= 0.3 is 0 Å². The van der Waals surface area contributed by atoms with Crippen LogP contribution in [-0.2, 0) is 11.3 Å². The number of ketones is 2. The Kier molecular flexibility index (Phi) is 3.93. The first-order valence-corrected chi connectivity index (χ1v) is 5.86. The number of thiazole rings is 1. The minimum absolute atomic E-state index is 0.0326. The molecule has 0 spiro atoms. The van der Waals surface area contributed by atoms with Crippen LogP contribution in [0.4, 0.5) is 0 Å². The van der Waals surface area contributed by atoms with Crippen molar-refractivity contribution in [2.45, 2.75) is 33.7 Å². The van der Waals surface area contributed by atoms with Crippen LogP contribution in [0.3, 0.4) is 0 Å². The Hall–Kier alpha value is -0.810. The van der Waals surface area contributed by atoms with Gasteiger partial charge in [-0.1, -0.05) is 0 Å². The van der Waals surface area contributed by atoms with E-state index in [9.17, 15) is 9.59 Å². The fourth-order valence-electron chi connectivity index (χ4n) is 1.33. The molecule has 0 saturated heterocycles. The van der Waals surface area contributed by atoms with E-state index in [1.165, 1.54) is 18.3 Å².